The Hall–Kier alpha value is -1.24. The van der Waals surface area contributed by atoms with Crippen molar-refractivity contribution in [3.63, 3.8) is 0 Å². The minimum atomic E-state index is -3.71. The third-order valence-electron chi connectivity index (χ3n) is 3.38. The molecular weight excluding hydrogens is 357 g/mol. The number of rotatable bonds is 11. The first-order valence-electron chi connectivity index (χ1n) is 9.15. The smallest absolute Gasteiger partial charge is 0.345 e. The fraction of sp³-hybridized carbons (Fsp3) is 0.824. The van der Waals surface area contributed by atoms with Crippen LogP contribution in [0, 0.1) is 0 Å². The van der Waals surface area contributed by atoms with Crippen LogP contribution < -0.4 is 0 Å². The Bertz CT molecular complexity index is 602. The van der Waals surface area contributed by atoms with Gasteiger partial charge in [0.15, 0.2) is 11.5 Å². The van der Waals surface area contributed by atoms with Gasteiger partial charge in [-0.05, 0) is 41.0 Å². The molecule has 0 fully saturated rings. The summed E-state index contributed by atoms with van der Waals surface area (Å²) in [5.41, 5.74) is -1.82. The lowest BCUT2D eigenvalue weighted by atomic mass is 10.2. The molecular formula is C17H32N3O5P. The van der Waals surface area contributed by atoms with Gasteiger partial charge < -0.3 is 13.8 Å². The summed E-state index contributed by atoms with van der Waals surface area (Å²) in [4.78, 5) is 17.0. The first-order valence-corrected chi connectivity index (χ1v) is 10.8. The van der Waals surface area contributed by atoms with E-state index in [2.05, 4.69) is 17.0 Å². The number of ether oxygens (including phenoxy) is 1. The summed E-state index contributed by atoms with van der Waals surface area (Å²) < 4.78 is 31.1. The van der Waals surface area contributed by atoms with Crippen LogP contribution in [-0.2, 0) is 36.1 Å². The van der Waals surface area contributed by atoms with Crippen molar-refractivity contribution in [2.45, 2.75) is 78.6 Å². The minimum absolute atomic E-state index is 0.0331. The zero-order chi connectivity index (χ0) is 19.8. The van der Waals surface area contributed by atoms with Crippen LogP contribution >= 0.6 is 7.60 Å². The Balaban J connectivity index is 3.08. The summed E-state index contributed by atoms with van der Waals surface area (Å²) in [5, 5.41) is 4.37. The molecule has 1 atom stereocenters. The van der Waals surface area contributed by atoms with E-state index in [1.165, 1.54) is 0 Å². The van der Waals surface area contributed by atoms with E-state index in [1.807, 2.05) is 0 Å². The number of unbranched alkanes of at least 4 members (excludes halogenated alkanes) is 1. The molecule has 0 aromatic carbocycles. The van der Waals surface area contributed by atoms with Crippen LogP contribution in [0.5, 0.6) is 0 Å². The van der Waals surface area contributed by atoms with Crippen molar-refractivity contribution in [3.05, 3.63) is 12.2 Å². The fourth-order valence-corrected chi connectivity index (χ4v) is 4.15. The lowest BCUT2D eigenvalue weighted by molar-refractivity contribution is -0.154. The van der Waals surface area contributed by atoms with Crippen LogP contribution in [-0.4, -0.2) is 45.2 Å². The van der Waals surface area contributed by atoms with Crippen LogP contribution in [0.15, 0.2) is 6.33 Å². The maximum atomic E-state index is 13.2. The number of hydrogen-bond donors (Lipinski definition) is 0. The number of esters is 1. The maximum absolute atomic E-state index is 13.2. The summed E-state index contributed by atoms with van der Waals surface area (Å²) in [6.45, 7) is 11.8. The Morgan fingerprint density at radius 1 is 1.23 bits per heavy atom. The Morgan fingerprint density at radius 2 is 1.85 bits per heavy atom. The lowest BCUT2D eigenvalue weighted by Crippen LogP contribution is -2.34. The molecule has 1 heterocycles. The molecule has 0 N–H and O–H groups in total. The molecule has 0 spiro atoms. The number of carbonyl (C=O) groups is 1. The molecule has 1 unspecified atom stereocenters. The molecule has 26 heavy (non-hydrogen) atoms. The monoisotopic (exact) mass is 389 g/mol. The zero-order valence-electron chi connectivity index (χ0n) is 16.7. The van der Waals surface area contributed by atoms with Crippen molar-refractivity contribution in [3.8, 4) is 0 Å². The van der Waals surface area contributed by atoms with E-state index in [9.17, 15) is 9.36 Å². The predicted molar refractivity (Wildman–Crippen MR) is 99.1 cm³/mol. The second-order valence-electron chi connectivity index (χ2n) is 6.91. The topological polar surface area (TPSA) is 92.5 Å². The van der Waals surface area contributed by atoms with Crippen molar-refractivity contribution in [1.29, 1.82) is 0 Å². The van der Waals surface area contributed by atoms with Gasteiger partial charge in [-0.25, -0.2) is 4.98 Å². The van der Waals surface area contributed by atoms with E-state index in [1.54, 1.807) is 45.6 Å². The first kappa shape index (κ1) is 22.8. The summed E-state index contributed by atoms with van der Waals surface area (Å²) >= 11 is 0. The van der Waals surface area contributed by atoms with Gasteiger partial charge in [0, 0.05) is 13.0 Å². The lowest BCUT2D eigenvalue weighted by Gasteiger charge is -2.27. The molecule has 0 bridgehead atoms. The third-order valence-corrected chi connectivity index (χ3v) is 5.77. The largest absolute Gasteiger partial charge is 0.459 e. The second-order valence-corrected chi connectivity index (χ2v) is 9.13. The van der Waals surface area contributed by atoms with Gasteiger partial charge in [-0.15, -0.1) is 0 Å². The summed E-state index contributed by atoms with van der Waals surface area (Å²) in [6, 6.07) is 0. The molecule has 1 aromatic heterocycles. The zero-order valence-corrected chi connectivity index (χ0v) is 17.6. The van der Waals surface area contributed by atoms with Gasteiger partial charge in [0.1, 0.15) is 11.9 Å². The van der Waals surface area contributed by atoms with Crippen LogP contribution in [0.25, 0.3) is 0 Å². The SMILES string of the molecule is CCCCn1cnc(CC(C(=O)OC(C)(C)C)P(=O)(OCC)OCC)n1. The highest BCUT2D eigenvalue weighted by atomic mass is 31.2. The van der Waals surface area contributed by atoms with Crippen molar-refractivity contribution >= 4 is 13.6 Å². The molecule has 0 saturated heterocycles. The number of hydrogen-bond acceptors (Lipinski definition) is 7. The van der Waals surface area contributed by atoms with Crippen molar-refractivity contribution in [1.82, 2.24) is 14.8 Å². The summed E-state index contributed by atoms with van der Waals surface area (Å²) in [5.74, 6) is -0.218. The molecule has 0 amide bonds. The Labute approximate surface area is 156 Å². The van der Waals surface area contributed by atoms with Gasteiger partial charge in [-0.1, -0.05) is 13.3 Å². The number of aryl methyl sites for hydroxylation is 1. The number of nitrogens with zero attached hydrogens (tertiary/aromatic N) is 3. The van der Waals surface area contributed by atoms with Crippen LogP contribution in [0.2, 0.25) is 0 Å². The van der Waals surface area contributed by atoms with E-state index in [0.29, 0.717) is 5.82 Å². The quantitative estimate of drug-likeness (QED) is 0.422. The van der Waals surface area contributed by atoms with Crippen LogP contribution in [0.4, 0.5) is 0 Å². The Kier molecular flexibility index (Phi) is 8.93. The first-order chi connectivity index (χ1) is 12.1. The van der Waals surface area contributed by atoms with Crippen molar-refractivity contribution in [2.24, 2.45) is 0 Å². The molecule has 0 radical (unpaired) electrons. The molecule has 0 saturated carbocycles. The van der Waals surface area contributed by atoms with E-state index < -0.39 is 24.8 Å². The Morgan fingerprint density at radius 3 is 2.35 bits per heavy atom. The molecule has 1 rings (SSSR count). The average molecular weight is 389 g/mol. The molecule has 150 valence electrons. The van der Waals surface area contributed by atoms with Gasteiger partial charge in [0.25, 0.3) is 0 Å². The van der Waals surface area contributed by atoms with Gasteiger partial charge >= 0.3 is 13.6 Å². The molecule has 0 aliphatic rings. The fourth-order valence-electron chi connectivity index (χ4n) is 2.30. The van der Waals surface area contributed by atoms with Gasteiger partial charge in [0.2, 0.25) is 0 Å². The highest BCUT2D eigenvalue weighted by molar-refractivity contribution is 7.55. The third kappa shape index (κ3) is 7.17. The van der Waals surface area contributed by atoms with E-state index in [4.69, 9.17) is 13.8 Å². The van der Waals surface area contributed by atoms with E-state index in [-0.39, 0.29) is 19.6 Å². The summed E-state index contributed by atoms with van der Waals surface area (Å²) in [6.07, 6.45) is 3.67. The number of aromatic nitrogens is 3. The normalized spacial score (nSPS) is 13.6. The van der Waals surface area contributed by atoms with Gasteiger partial charge in [-0.2, -0.15) is 5.10 Å². The summed E-state index contributed by atoms with van der Waals surface area (Å²) in [7, 11) is -3.71. The maximum Gasteiger partial charge on any atom is 0.345 e. The molecule has 0 aliphatic heterocycles. The van der Waals surface area contributed by atoms with Crippen LogP contribution in [0.1, 0.15) is 60.2 Å². The highest BCUT2D eigenvalue weighted by Gasteiger charge is 2.44. The van der Waals surface area contributed by atoms with Crippen molar-refractivity contribution < 1.29 is 23.1 Å². The molecule has 9 heteroatoms. The van der Waals surface area contributed by atoms with Gasteiger partial charge in [0.05, 0.1) is 13.2 Å². The molecule has 0 aliphatic carbocycles. The van der Waals surface area contributed by atoms with Crippen molar-refractivity contribution in [2.75, 3.05) is 13.2 Å². The van der Waals surface area contributed by atoms with E-state index >= 15 is 0 Å². The standard InChI is InChI=1S/C17H32N3O5P/c1-7-10-11-20-13-18-15(19-20)12-14(16(21)25-17(4,5)6)26(22,23-8-2)24-9-3/h13-14H,7-12H2,1-6H3. The van der Waals surface area contributed by atoms with Crippen LogP contribution in [0.3, 0.4) is 0 Å². The predicted octanol–water partition coefficient (Wildman–Crippen LogP) is 3.60. The number of carbonyl (C=O) groups excluding carboxylic acids is 1. The molecule has 1 aromatic rings. The highest BCUT2D eigenvalue weighted by Crippen LogP contribution is 2.54. The minimum Gasteiger partial charge on any atom is -0.459 e. The van der Waals surface area contributed by atoms with E-state index in [0.717, 1.165) is 19.4 Å². The van der Waals surface area contributed by atoms with Gasteiger partial charge in [-0.3, -0.25) is 14.0 Å². The molecule has 8 nitrogen and oxygen atoms in total. The average Bonchev–Trinajstić information content (AvgIpc) is 2.97. The second kappa shape index (κ2) is 10.2.